The van der Waals surface area contributed by atoms with E-state index in [1.807, 2.05) is 18.7 Å². The van der Waals surface area contributed by atoms with Gasteiger partial charge < -0.3 is 15.4 Å². The molecule has 0 amide bonds. The first kappa shape index (κ1) is 23.9. The zero-order chi connectivity index (χ0) is 24.7. The van der Waals surface area contributed by atoms with E-state index in [9.17, 15) is 18.0 Å². The van der Waals surface area contributed by atoms with E-state index in [-0.39, 0.29) is 23.9 Å². The molecule has 4 rings (SSSR count). The summed E-state index contributed by atoms with van der Waals surface area (Å²) in [6.45, 7) is 4.62. The quantitative estimate of drug-likeness (QED) is 0.539. The number of halogens is 3. The molecular formula is C23H27F3N6O2. The third-order valence-electron chi connectivity index (χ3n) is 6.33. The van der Waals surface area contributed by atoms with Crippen LogP contribution < -0.4 is 10.6 Å². The number of ether oxygens (including phenoxy) is 1. The third kappa shape index (κ3) is 4.20. The Labute approximate surface area is 194 Å². The highest BCUT2D eigenvalue weighted by Crippen LogP contribution is 2.41. The number of hydrogen-bond acceptors (Lipinski definition) is 7. The first-order chi connectivity index (χ1) is 16.1. The van der Waals surface area contributed by atoms with Gasteiger partial charge in [0.05, 0.1) is 18.4 Å². The second-order valence-electron chi connectivity index (χ2n) is 9.10. The van der Waals surface area contributed by atoms with E-state index in [0.29, 0.717) is 36.2 Å². The van der Waals surface area contributed by atoms with Crippen LogP contribution in [0.1, 0.15) is 32.3 Å². The number of alkyl halides is 3. The summed E-state index contributed by atoms with van der Waals surface area (Å²) in [5, 5.41) is 7.12. The van der Waals surface area contributed by atoms with E-state index < -0.39 is 29.2 Å². The lowest BCUT2D eigenvalue weighted by Crippen LogP contribution is -2.60. The zero-order valence-electron chi connectivity index (χ0n) is 19.2. The van der Waals surface area contributed by atoms with Crippen molar-refractivity contribution in [3.63, 3.8) is 0 Å². The SMILES string of the molecule is COC(=O)C1(CC(C)C)CN(c2ccc(C(F)(F)F)c(-c3[nH]nc4ncccc34)n2)CCC1N. The van der Waals surface area contributed by atoms with Crippen molar-refractivity contribution >= 4 is 22.8 Å². The first-order valence-corrected chi connectivity index (χ1v) is 11.0. The fraction of sp³-hybridized carbons (Fsp3) is 0.478. The van der Waals surface area contributed by atoms with Gasteiger partial charge >= 0.3 is 12.1 Å². The average Bonchev–Trinajstić information content (AvgIpc) is 3.22. The number of nitrogens with one attached hydrogen (secondary N) is 1. The van der Waals surface area contributed by atoms with Gasteiger partial charge in [0.15, 0.2) is 5.65 Å². The lowest BCUT2D eigenvalue weighted by molar-refractivity contribution is -0.155. The highest BCUT2D eigenvalue weighted by Gasteiger charge is 2.49. The number of aromatic amines is 1. The number of fused-ring (bicyclic) bond motifs is 1. The summed E-state index contributed by atoms with van der Waals surface area (Å²) < 4.78 is 46.8. The minimum absolute atomic E-state index is 0.132. The van der Waals surface area contributed by atoms with Crippen LogP contribution in [-0.2, 0) is 15.7 Å². The van der Waals surface area contributed by atoms with Crippen LogP contribution in [0.2, 0.25) is 0 Å². The molecule has 34 heavy (non-hydrogen) atoms. The highest BCUT2D eigenvalue weighted by molar-refractivity contribution is 5.90. The standard InChI is InChI=1S/C23H27F3N6O2/c1-13(2)11-22(21(33)34-3)12-32(10-8-16(22)27)17-7-6-15(23(24,25)26)19(29-17)18-14-5-4-9-28-20(14)31-30-18/h4-7,9,13,16H,8,10-12,27H2,1-3H3,(H,28,30,31). The Morgan fingerprint density at radius 3 is 2.79 bits per heavy atom. The Balaban J connectivity index is 1.81. The Bertz CT molecular complexity index is 1190. The predicted molar refractivity (Wildman–Crippen MR) is 121 cm³/mol. The predicted octanol–water partition coefficient (Wildman–Crippen LogP) is 3.78. The molecule has 0 spiro atoms. The van der Waals surface area contributed by atoms with Crippen molar-refractivity contribution in [2.75, 3.05) is 25.1 Å². The van der Waals surface area contributed by atoms with E-state index in [1.165, 1.54) is 19.4 Å². The van der Waals surface area contributed by atoms with E-state index in [0.717, 1.165) is 6.07 Å². The number of carbonyl (C=O) groups is 1. The van der Waals surface area contributed by atoms with Crippen molar-refractivity contribution in [1.29, 1.82) is 0 Å². The first-order valence-electron chi connectivity index (χ1n) is 11.0. The Hall–Kier alpha value is -3.21. The van der Waals surface area contributed by atoms with Crippen LogP contribution in [0.4, 0.5) is 19.0 Å². The van der Waals surface area contributed by atoms with Gasteiger partial charge in [0.1, 0.15) is 16.9 Å². The van der Waals surface area contributed by atoms with Crippen LogP contribution in [0.5, 0.6) is 0 Å². The Morgan fingerprint density at radius 2 is 2.12 bits per heavy atom. The van der Waals surface area contributed by atoms with Crippen molar-refractivity contribution in [2.24, 2.45) is 17.1 Å². The number of hydrogen-bond donors (Lipinski definition) is 2. The fourth-order valence-corrected chi connectivity index (χ4v) is 4.83. The maximum Gasteiger partial charge on any atom is 0.418 e. The summed E-state index contributed by atoms with van der Waals surface area (Å²) >= 11 is 0. The molecule has 1 aliphatic heterocycles. The van der Waals surface area contributed by atoms with Gasteiger partial charge in [-0.3, -0.25) is 9.89 Å². The van der Waals surface area contributed by atoms with Crippen molar-refractivity contribution < 1.29 is 22.7 Å². The molecule has 3 aromatic rings. The molecule has 1 fully saturated rings. The number of H-pyrrole nitrogens is 1. The molecule has 11 heteroatoms. The summed E-state index contributed by atoms with van der Waals surface area (Å²) in [6, 6.07) is 5.17. The number of nitrogens with zero attached hydrogens (tertiary/aromatic N) is 4. The molecule has 4 heterocycles. The number of aromatic nitrogens is 4. The van der Waals surface area contributed by atoms with E-state index in [1.54, 1.807) is 12.1 Å². The second kappa shape index (κ2) is 8.86. The minimum Gasteiger partial charge on any atom is -0.468 e. The molecule has 0 saturated carbocycles. The van der Waals surface area contributed by atoms with E-state index >= 15 is 0 Å². The van der Waals surface area contributed by atoms with Crippen LogP contribution in [0, 0.1) is 11.3 Å². The van der Waals surface area contributed by atoms with Crippen LogP contribution in [0.25, 0.3) is 22.4 Å². The maximum atomic E-state index is 13.9. The highest BCUT2D eigenvalue weighted by atomic mass is 19.4. The summed E-state index contributed by atoms with van der Waals surface area (Å²) in [4.78, 5) is 23.2. The molecule has 0 aliphatic carbocycles. The smallest absolute Gasteiger partial charge is 0.418 e. The number of anilines is 1. The number of piperidine rings is 1. The number of pyridine rings is 2. The second-order valence-corrected chi connectivity index (χ2v) is 9.10. The van der Waals surface area contributed by atoms with Gasteiger partial charge in [-0.2, -0.15) is 18.3 Å². The lowest BCUT2D eigenvalue weighted by atomic mass is 9.70. The summed E-state index contributed by atoms with van der Waals surface area (Å²) in [5.41, 5.74) is 4.69. The third-order valence-corrected chi connectivity index (χ3v) is 6.33. The molecule has 3 N–H and O–H groups in total. The van der Waals surface area contributed by atoms with Crippen molar-refractivity contribution in [3.05, 3.63) is 36.0 Å². The summed E-state index contributed by atoms with van der Waals surface area (Å²) in [7, 11) is 1.32. The number of rotatable bonds is 5. The molecule has 2 unspecified atom stereocenters. The van der Waals surface area contributed by atoms with Crippen LogP contribution in [-0.4, -0.2) is 52.4 Å². The van der Waals surface area contributed by atoms with Gasteiger partial charge in [-0.1, -0.05) is 13.8 Å². The molecule has 1 saturated heterocycles. The van der Waals surface area contributed by atoms with Crippen molar-refractivity contribution in [3.8, 4) is 11.4 Å². The van der Waals surface area contributed by atoms with Gasteiger partial charge in [0.25, 0.3) is 0 Å². The monoisotopic (exact) mass is 476 g/mol. The van der Waals surface area contributed by atoms with Crippen LogP contribution in [0.3, 0.4) is 0 Å². The van der Waals surface area contributed by atoms with E-state index in [2.05, 4.69) is 20.2 Å². The minimum atomic E-state index is -4.63. The fourth-order valence-electron chi connectivity index (χ4n) is 4.83. The molecule has 3 aromatic heterocycles. The van der Waals surface area contributed by atoms with Gasteiger partial charge in [-0.15, -0.1) is 0 Å². The van der Waals surface area contributed by atoms with Gasteiger partial charge in [0.2, 0.25) is 0 Å². The molecular weight excluding hydrogens is 449 g/mol. The van der Waals surface area contributed by atoms with Gasteiger partial charge in [-0.05, 0) is 43.0 Å². The van der Waals surface area contributed by atoms with Gasteiger partial charge in [-0.25, -0.2) is 9.97 Å². The largest absolute Gasteiger partial charge is 0.468 e. The number of nitrogens with two attached hydrogens (primary N) is 1. The average molecular weight is 477 g/mol. The molecule has 182 valence electrons. The number of methoxy groups -OCH3 is 1. The molecule has 1 aliphatic rings. The molecule has 0 bridgehead atoms. The maximum absolute atomic E-state index is 13.9. The number of carbonyl (C=O) groups excluding carboxylic acids is 1. The lowest BCUT2D eigenvalue weighted by Gasteiger charge is -2.46. The molecule has 8 nitrogen and oxygen atoms in total. The normalized spacial score (nSPS) is 21.3. The summed E-state index contributed by atoms with van der Waals surface area (Å²) in [5.74, 6) is 0.0554. The summed E-state index contributed by atoms with van der Waals surface area (Å²) in [6.07, 6.45) is -2.16. The molecule has 0 aromatic carbocycles. The van der Waals surface area contributed by atoms with Crippen molar-refractivity contribution in [2.45, 2.75) is 38.9 Å². The molecule has 0 radical (unpaired) electrons. The van der Waals surface area contributed by atoms with E-state index in [4.69, 9.17) is 10.5 Å². The Morgan fingerprint density at radius 1 is 1.35 bits per heavy atom. The zero-order valence-corrected chi connectivity index (χ0v) is 19.2. The topological polar surface area (TPSA) is 110 Å². The van der Waals surface area contributed by atoms with Gasteiger partial charge in [0, 0.05) is 30.7 Å². The van der Waals surface area contributed by atoms with Crippen LogP contribution >= 0.6 is 0 Å². The van der Waals surface area contributed by atoms with Crippen molar-refractivity contribution in [1.82, 2.24) is 20.2 Å². The number of esters is 1. The molecule has 2 atom stereocenters. The van der Waals surface area contributed by atoms with Crippen LogP contribution in [0.15, 0.2) is 30.5 Å². The Kier molecular flexibility index (Phi) is 6.24.